The molecule has 1 atom stereocenters. The summed E-state index contributed by atoms with van der Waals surface area (Å²) in [6.07, 6.45) is 9.35. The molecule has 120 valence electrons. The van der Waals surface area contributed by atoms with Crippen molar-refractivity contribution in [1.29, 1.82) is 0 Å². The van der Waals surface area contributed by atoms with Gasteiger partial charge >= 0.3 is 0 Å². The van der Waals surface area contributed by atoms with E-state index in [1.54, 1.807) is 0 Å². The maximum atomic E-state index is 6.77. The second-order valence-electron chi connectivity index (χ2n) is 6.63. The van der Waals surface area contributed by atoms with Gasteiger partial charge in [-0.05, 0) is 29.9 Å². The monoisotopic (exact) mass is 306 g/mol. The molecule has 0 amide bonds. The van der Waals surface area contributed by atoms with Gasteiger partial charge in [0.25, 0.3) is 0 Å². The molecule has 0 heterocycles. The molecular formula is C21H26N2. The van der Waals surface area contributed by atoms with Gasteiger partial charge in [0.1, 0.15) is 5.66 Å². The molecule has 0 spiro atoms. The van der Waals surface area contributed by atoms with Crippen LogP contribution in [0.2, 0.25) is 0 Å². The van der Waals surface area contributed by atoms with Crippen molar-refractivity contribution >= 4 is 6.21 Å². The van der Waals surface area contributed by atoms with Crippen LogP contribution < -0.4 is 5.73 Å². The average Bonchev–Trinajstić information content (AvgIpc) is 2.63. The standard InChI is InChI=1S/C21H26N2/c22-21(20-14-8-3-9-15-20,16-18-10-4-1-5-11-18)23-17-19-12-6-2-7-13-19/h1,3-5,8-11,14-15,17,19H,2,6-7,12-13,16,22H2. The highest BCUT2D eigenvalue weighted by atomic mass is 15.0. The second-order valence-corrected chi connectivity index (χ2v) is 6.63. The van der Waals surface area contributed by atoms with Gasteiger partial charge in [0.2, 0.25) is 0 Å². The highest BCUT2D eigenvalue weighted by molar-refractivity contribution is 5.62. The lowest BCUT2D eigenvalue weighted by atomic mass is 9.89. The molecule has 1 aliphatic carbocycles. The molecule has 23 heavy (non-hydrogen) atoms. The first kappa shape index (κ1) is 15.9. The summed E-state index contributed by atoms with van der Waals surface area (Å²) in [7, 11) is 0. The molecule has 2 N–H and O–H groups in total. The molecular weight excluding hydrogens is 280 g/mol. The third kappa shape index (κ3) is 4.29. The Hall–Kier alpha value is -1.93. The summed E-state index contributed by atoms with van der Waals surface area (Å²) in [6, 6.07) is 20.7. The Morgan fingerprint density at radius 2 is 1.52 bits per heavy atom. The van der Waals surface area contributed by atoms with Gasteiger partial charge in [-0.1, -0.05) is 79.9 Å². The minimum absolute atomic E-state index is 0.589. The van der Waals surface area contributed by atoms with E-state index < -0.39 is 5.66 Å². The Morgan fingerprint density at radius 3 is 2.17 bits per heavy atom. The molecule has 0 bridgehead atoms. The Bertz CT molecular complexity index is 615. The van der Waals surface area contributed by atoms with Crippen LogP contribution in [0, 0.1) is 5.92 Å². The molecule has 2 aromatic rings. The fourth-order valence-corrected chi connectivity index (χ4v) is 3.38. The number of aliphatic imine (C=N–C) groups is 1. The van der Waals surface area contributed by atoms with E-state index in [4.69, 9.17) is 10.7 Å². The van der Waals surface area contributed by atoms with Crippen LogP contribution >= 0.6 is 0 Å². The normalized spacial score (nSPS) is 18.8. The van der Waals surface area contributed by atoms with Crippen molar-refractivity contribution in [2.75, 3.05) is 0 Å². The molecule has 1 unspecified atom stereocenters. The number of benzene rings is 2. The third-order valence-electron chi connectivity index (χ3n) is 4.76. The molecule has 0 saturated heterocycles. The van der Waals surface area contributed by atoms with E-state index in [2.05, 4.69) is 42.6 Å². The predicted octanol–water partition coefficient (Wildman–Crippen LogP) is 4.69. The van der Waals surface area contributed by atoms with Crippen molar-refractivity contribution in [1.82, 2.24) is 0 Å². The van der Waals surface area contributed by atoms with E-state index in [0.717, 1.165) is 12.0 Å². The molecule has 0 aliphatic heterocycles. The van der Waals surface area contributed by atoms with Crippen LogP contribution in [0.4, 0.5) is 0 Å². The highest BCUT2D eigenvalue weighted by Gasteiger charge is 2.26. The van der Waals surface area contributed by atoms with Crippen molar-refractivity contribution in [3.8, 4) is 0 Å². The summed E-state index contributed by atoms with van der Waals surface area (Å²) < 4.78 is 0. The molecule has 2 nitrogen and oxygen atoms in total. The van der Waals surface area contributed by atoms with Gasteiger partial charge in [-0.3, -0.25) is 4.99 Å². The first-order chi connectivity index (χ1) is 11.3. The van der Waals surface area contributed by atoms with Crippen molar-refractivity contribution in [3.05, 3.63) is 71.8 Å². The van der Waals surface area contributed by atoms with E-state index in [0.29, 0.717) is 5.92 Å². The van der Waals surface area contributed by atoms with Crippen LogP contribution in [0.1, 0.15) is 43.2 Å². The van der Waals surface area contributed by atoms with Crippen molar-refractivity contribution in [2.45, 2.75) is 44.2 Å². The number of nitrogens with zero attached hydrogens (tertiary/aromatic N) is 1. The summed E-state index contributed by atoms with van der Waals surface area (Å²) in [5.74, 6) is 0.589. The molecule has 3 rings (SSSR count). The van der Waals surface area contributed by atoms with Crippen LogP contribution in [0.5, 0.6) is 0 Å². The zero-order valence-electron chi connectivity index (χ0n) is 13.7. The van der Waals surface area contributed by atoms with Gasteiger partial charge in [0.05, 0.1) is 0 Å². The Kier molecular flexibility index (Phi) is 5.24. The van der Waals surface area contributed by atoms with Crippen molar-refractivity contribution in [3.63, 3.8) is 0 Å². The molecule has 2 heteroatoms. The quantitative estimate of drug-likeness (QED) is 0.799. The van der Waals surface area contributed by atoms with Gasteiger partial charge in [0, 0.05) is 12.6 Å². The van der Waals surface area contributed by atoms with E-state index in [1.165, 1.54) is 37.7 Å². The highest BCUT2D eigenvalue weighted by Crippen LogP contribution is 2.27. The number of hydrogen-bond donors (Lipinski definition) is 1. The fourth-order valence-electron chi connectivity index (χ4n) is 3.38. The largest absolute Gasteiger partial charge is 0.303 e. The zero-order chi connectivity index (χ0) is 16.0. The second kappa shape index (κ2) is 7.56. The smallest absolute Gasteiger partial charge is 0.137 e. The lowest BCUT2D eigenvalue weighted by molar-refractivity contribution is 0.429. The molecule has 1 saturated carbocycles. The molecule has 0 radical (unpaired) electrons. The van der Waals surface area contributed by atoms with E-state index in [1.807, 2.05) is 24.3 Å². The fraction of sp³-hybridized carbons (Fsp3) is 0.381. The minimum Gasteiger partial charge on any atom is -0.303 e. The summed E-state index contributed by atoms with van der Waals surface area (Å²) in [5, 5.41) is 0. The number of hydrogen-bond acceptors (Lipinski definition) is 2. The first-order valence-corrected chi connectivity index (χ1v) is 8.70. The summed E-state index contributed by atoms with van der Waals surface area (Å²) >= 11 is 0. The number of rotatable bonds is 5. The summed E-state index contributed by atoms with van der Waals surface area (Å²) in [4.78, 5) is 4.90. The molecule has 2 aromatic carbocycles. The molecule has 1 fully saturated rings. The van der Waals surface area contributed by atoms with Gasteiger partial charge in [-0.2, -0.15) is 0 Å². The van der Waals surface area contributed by atoms with Crippen molar-refractivity contribution in [2.24, 2.45) is 16.6 Å². The van der Waals surface area contributed by atoms with Crippen LogP contribution in [-0.4, -0.2) is 6.21 Å². The van der Waals surface area contributed by atoms with Gasteiger partial charge < -0.3 is 5.73 Å². The van der Waals surface area contributed by atoms with E-state index in [9.17, 15) is 0 Å². The number of nitrogens with two attached hydrogens (primary N) is 1. The summed E-state index contributed by atoms with van der Waals surface area (Å²) in [5.41, 5.74) is 8.39. The minimum atomic E-state index is -0.680. The Morgan fingerprint density at radius 1 is 0.913 bits per heavy atom. The van der Waals surface area contributed by atoms with Gasteiger partial charge in [-0.15, -0.1) is 0 Å². The van der Waals surface area contributed by atoms with Crippen molar-refractivity contribution < 1.29 is 0 Å². The lowest BCUT2D eigenvalue weighted by Crippen LogP contribution is -2.37. The van der Waals surface area contributed by atoms with Crippen LogP contribution in [0.25, 0.3) is 0 Å². The van der Waals surface area contributed by atoms with E-state index >= 15 is 0 Å². The summed E-state index contributed by atoms with van der Waals surface area (Å²) in [6.45, 7) is 0. The van der Waals surface area contributed by atoms with Crippen LogP contribution in [-0.2, 0) is 12.1 Å². The maximum Gasteiger partial charge on any atom is 0.137 e. The SMILES string of the molecule is NC(Cc1ccccc1)(N=CC1CCCCC1)c1ccccc1. The maximum absolute atomic E-state index is 6.77. The topological polar surface area (TPSA) is 38.4 Å². The zero-order valence-corrected chi connectivity index (χ0v) is 13.7. The van der Waals surface area contributed by atoms with Crippen LogP contribution in [0.15, 0.2) is 65.7 Å². The van der Waals surface area contributed by atoms with Crippen LogP contribution in [0.3, 0.4) is 0 Å². The van der Waals surface area contributed by atoms with E-state index in [-0.39, 0.29) is 0 Å². The van der Waals surface area contributed by atoms with Gasteiger partial charge in [-0.25, -0.2) is 0 Å². The molecule has 0 aromatic heterocycles. The first-order valence-electron chi connectivity index (χ1n) is 8.70. The predicted molar refractivity (Wildman–Crippen MR) is 97.5 cm³/mol. The van der Waals surface area contributed by atoms with Gasteiger partial charge in [0.15, 0.2) is 0 Å². The Labute approximate surface area is 139 Å². The average molecular weight is 306 g/mol. The third-order valence-corrected chi connectivity index (χ3v) is 4.76. The molecule has 1 aliphatic rings. The Balaban J connectivity index is 1.85. The lowest BCUT2D eigenvalue weighted by Gasteiger charge is -2.27.